The van der Waals surface area contributed by atoms with Gasteiger partial charge in [-0.25, -0.2) is 0 Å². The Labute approximate surface area is 152 Å². The summed E-state index contributed by atoms with van der Waals surface area (Å²) in [6.07, 6.45) is 2.89. The van der Waals surface area contributed by atoms with Crippen molar-refractivity contribution in [1.82, 2.24) is 4.90 Å². The van der Waals surface area contributed by atoms with Gasteiger partial charge < -0.3 is 14.9 Å². The Hall–Kier alpha value is -1.75. The molecule has 0 aromatic heterocycles. The molecule has 0 radical (unpaired) electrons. The maximum atomic E-state index is 13.0. The minimum Gasteiger partial charge on any atom is -0.481 e. The Morgan fingerprint density at radius 3 is 2.36 bits per heavy atom. The molecule has 1 aliphatic heterocycles. The highest BCUT2D eigenvalue weighted by Gasteiger charge is 2.54. The van der Waals surface area contributed by atoms with Crippen LogP contribution in [0.5, 0.6) is 0 Å². The molecule has 5 nitrogen and oxygen atoms in total. The molecule has 1 aromatic rings. The summed E-state index contributed by atoms with van der Waals surface area (Å²) in [5.74, 6) is -1.05. The molecule has 0 spiro atoms. The molecule has 4 atom stereocenters. The number of carboxylic acid groups (broad SMARTS) is 1. The van der Waals surface area contributed by atoms with Crippen LogP contribution in [-0.2, 0) is 9.59 Å². The van der Waals surface area contributed by atoms with E-state index in [1.54, 1.807) is 0 Å². The van der Waals surface area contributed by atoms with Gasteiger partial charge in [-0.3, -0.25) is 9.59 Å². The SMILES string of the molecule is O=C(O)[C@H]1[C@@H]2CC[C@@H](C2)[C@@H]1C(=O)N1CCN(c2cccc(Cl)c2)CC1. The fraction of sp³-hybridized carbons (Fsp3) is 0.579. The summed E-state index contributed by atoms with van der Waals surface area (Å²) in [6, 6.07) is 7.75. The fourth-order valence-corrected chi connectivity index (χ4v) is 5.26. The van der Waals surface area contributed by atoms with Gasteiger partial charge in [0.1, 0.15) is 0 Å². The minimum absolute atomic E-state index is 0.0605. The summed E-state index contributed by atoms with van der Waals surface area (Å²) in [5.41, 5.74) is 1.07. The molecule has 1 aromatic carbocycles. The molecule has 2 aliphatic carbocycles. The molecule has 3 fully saturated rings. The standard InChI is InChI=1S/C19H23ClN2O3/c20-14-2-1-3-15(11-14)21-6-8-22(9-7-21)18(23)16-12-4-5-13(10-12)17(16)19(24)25/h1-3,11-13,16-17H,4-10H2,(H,24,25)/t12-,13+,16-,17-/m0/s1. The average molecular weight is 363 g/mol. The highest BCUT2D eigenvalue weighted by atomic mass is 35.5. The van der Waals surface area contributed by atoms with E-state index in [1.807, 2.05) is 29.2 Å². The van der Waals surface area contributed by atoms with Crippen LogP contribution in [0.25, 0.3) is 0 Å². The molecule has 3 aliphatic rings. The quantitative estimate of drug-likeness (QED) is 0.898. The van der Waals surface area contributed by atoms with Crippen molar-refractivity contribution in [3.8, 4) is 0 Å². The fourth-order valence-electron chi connectivity index (χ4n) is 5.07. The molecule has 2 saturated carbocycles. The van der Waals surface area contributed by atoms with E-state index in [4.69, 9.17) is 11.6 Å². The van der Waals surface area contributed by atoms with Crippen molar-refractivity contribution < 1.29 is 14.7 Å². The summed E-state index contributed by atoms with van der Waals surface area (Å²) < 4.78 is 0. The molecular weight excluding hydrogens is 340 g/mol. The second kappa shape index (κ2) is 6.52. The topological polar surface area (TPSA) is 60.9 Å². The summed E-state index contributed by atoms with van der Waals surface area (Å²) in [7, 11) is 0. The number of piperazine rings is 1. The first-order valence-electron chi connectivity index (χ1n) is 9.06. The highest BCUT2D eigenvalue weighted by molar-refractivity contribution is 6.30. The third-order valence-corrected chi connectivity index (χ3v) is 6.49. The zero-order chi connectivity index (χ0) is 17.6. The van der Waals surface area contributed by atoms with Crippen molar-refractivity contribution in [2.24, 2.45) is 23.7 Å². The number of nitrogens with zero attached hydrogens (tertiary/aromatic N) is 2. The van der Waals surface area contributed by atoms with Crippen LogP contribution in [0.2, 0.25) is 5.02 Å². The largest absolute Gasteiger partial charge is 0.481 e. The number of anilines is 1. The number of carbonyl (C=O) groups excluding carboxylic acids is 1. The number of benzene rings is 1. The number of halogens is 1. The number of fused-ring (bicyclic) bond motifs is 2. The summed E-state index contributed by atoms with van der Waals surface area (Å²) in [5, 5.41) is 10.3. The third-order valence-electron chi connectivity index (χ3n) is 6.25. The number of hydrogen-bond donors (Lipinski definition) is 1. The number of rotatable bonds is 3. The normalized spacial score (nSPS) is 31.4. The van der Waals surface area contributed by atoms with Crippen LogP contribution >= 0.6 is 11.6 Å². The first kappa shape index (κ1) is 16.7. The van der Waals surface area contributed by atoms with E-state index in [2.05, 4.69) is 4.90 Å². The molecule has 0 unspecified atom stereocenters. The summed E-state index contributed by atoms with van der Waals surface area (Å²) in [6.45, 7) is 2.80. The van der Waals surface area contributed by atoms with Gasteiger partial charge in [0.15, 0.2) is 0 Å². The first-order chi connectivity index (χ1) is 12.0. The van der Waals surface area contributed by atoms with Gasteiger partial charge >= 0.3 is 5.97 Å². The van der Waals surface area contributed by atoms with Crippen molar-refractivity contribution in [3.05, 3.63) is 29.3 Å². The van der Waals surface area contributed by atoms with Crippen LogP contribution < -0.4 is 4.90 Å². The molecule has 134 valence electrons. The van der Waals surface area contributed by atoms with Crippen molar-refractivity contribution >= 4 is 29.2 Å². The molecule has 4 rings (SSSR count). The summed E-state index contributed by atoms with van der Waals surface area (Å²) >= 11 is 6.06. The van der Waals surface area contributed by atoms with Gasteiger partial charge in [0, 0.05) is 36.9 Å². The molecule has 1 N–H and O–H groups in total. The van der Waals surface area contributed by atoms with Gasteiger partial charge in [-0.2, -0.15) is 0 Å². The van der Waals surface area contributed by atoms with Crippen molar-refractivity contribution in [3.63, 3.8) is 0 Å². The van der Waals surface area contributed by atoms with Crippen molar-refractivity contribution in [2.45, 2.75) is 19.3 Å². The van der Waals surface area contributed by atoms with Gasteiger partial charge in [-0.1, -0.05) is 17.7 Å². The van der Waals surface area contributed by atoms with E-state index in [0.717, 1.165) is 38.0 Å². The number of hydrogen-bond acceptors (Lipinski definition) is 3. The number of carboxylic acids is 1. The van der Waals surface area contributed by atoms with Gasteiger partial charge in [-0.05, 0) is 49.3 Å². The second-order valence-corrected chi connectivity index (χ2v) is 7.95. The Bertz CT molecular complexity index is 687. The predicted molar refractivity (Wildman–Crippen MR) is 95.7 cm³/mol. The van der Waals surface area contributed by atoms with E-state index in [9.17, 15) is 14.7 Å². The number of aliphatic carboxylic acids is 1. The van der Waals surface area contributed by atoms with Crippen LogP contribution in [-0.4, -0.2) is 48.1 Å². The van der Waals surface area contributed by atoms with Crippen LogP contribution in [0.4, 0.5) is 5.69 Å². The molecule has 1 amide bonds. The molecule has 2 bridgehead atoms. The smallest absolute Gasteiger partial charge is 0.307 e. The summed E-state index contributed by atoms with van der Waals surface area (Å²) in [4.78, 5) is 28.8. The maximum Gasteiger partial charge on any atom is 0.307 e. The van der Waals surface area contributed by atoms with Crippen LogP contribution in [0.1, 0.15) is 19.3 Å². The third kappa shape index (κ3) is 2.99. The van der Waals surface area contributed by atoms with Gasteiger partial charge in [0.25, 0.3) is 0 Å². The zero-order valence-electron chi connectivity index (χ0n) is 14.1. The molecule has 1 heterocycles. The van der Waals surface area contributed by atoms with Gasteiger partial charge in [-0.15, -0.1) is 0 Å². The van der Waals surface area contributed by atoms with E-state index in [0.29, 0.717) is 18.1 Å². The van der Waals surface area contributed by atoms with Gasteiger partial charge in [0.2, 0.25) is 5.91 Å². The predicted octanol–water partition coefficient (Wildman–Crippen LogP) is 2.74. The lowest BCUT2D eigenvalue weighted by Crippen LogP contribution is -2.52. The van der Waals surface area contributed by atoms with Crippen LogP contribution in [0, 0.1) is 23.7 Å². The Morgan fingerprint density at radius 1 is 1.04 bits per heavy atom. The van der Waals surface area contributed by atoms with Crippen LogP contribution in [0.3, 0.4) is 0 Å². The van der Waals surface area contributed by atoms with E-state index in [-0.39, 0.29) is 23.7 Å². The Morgan fingerprint density at radius 2 is 1.72 bits per heavy atom. The first-order valence-corrected chi connectivity index (χ1v) is 9.44. The monoisotopic (exact) mass is 362 g/mol. The zero-order valence-corrected chi connectivity index (χ0v) is 14.9. The molecular formula is C19H23ClN2O3. The molecule has 1 saturated heterocycles. The lowest BCUT2D eigenvalue weighted by Gasteiger charge is -2.39. The van der Waals surface area contributed by atoms with Crippen molar-refractivity contribution in [2.75, 3.05) is 31.1 Å². The Balaban J connectivity index is 1.42. The van der Waals surface area contributed by atoms with E-state index in [1.165, 1.54) is 0 Å². The van der Waals surface area contributed by atoms with E-state index >= 15 is 0 Å². The maximum absolute atomic E-state index is 13.0. The van der Waals surface area contributed by atoms with Crippen molar-refractivity contribution in [1.29, 1.82) is 0 Å². The Kier molecular flexibility index (Phi) is 4.36. The van der Waals surface area contributed by atoms with Gasteiger partial charge in [0.05, 0.1) is 11.8 Å². The molecule has 6 heteroatoms. The molecule has 25 heavy (non-hydrogen) atoms. The number of amides is 1. The minimum atomic E-state index is -0.789. The lowest BCUT2D eigenvalue weighted by atomic mass is 9.78. The second-order valence-electron chi connectivity index (χ2n) is 7.52. The van der Waals surface area contributed by atoms with Crippen LogP contribution in [0.15, 0.2) is 24.3 Å². The average Bonchev–Trinajstić information content (AvgIpc) is 3.22. The highest BCUT2D eigenvalue weighted by Crippen LogP contribution is 2.53. The lowest BCUT2D eigenvalue weighted by molar-refractivity contribution is -0.153. The van der Waals surface area contributed by atoms with E-state index < -0.39 is 11.9 Å². The number of carbonyl (C=O) groups is 2.